The van der Waals surface area contributed by atoms with Crippen molar-refractivity contribution in [3.05, 3.63) is 0 Å². The quantitative estimate of drug-likeness (QED) is 0.509. The third-order valence-electron chi connectivity index (χ3n) is 7.78. The summed E-state index contributed by atoms with van der Waals surface area (Å²) in [5, 5.41) is 0. The van der Waals surface area contributed by atoms with Crippen molar-refractivity contribution >= 4 is 5.97 Å². The van der Waals surface area contributed by atoms with Gasteiger partial charge in [0.05, 0.1) is 5.92 Å². The Morgan fingerprint density at radius 1 is 1.05 bits per heavy atom. The van der Waals surface area contributed by atoms with Crippen LogP contribution in [-0.2, 0) is 19.3 Å². The fourth-order valence-corrected chi connectivity index (χ4v) is 6.39. The van der Waals surface area contributed by atoms with Crippen LogP contribution in [0.25, 0.3) is 0 Å². The minimum absolute atomic E-state index is 0.0163. The Morgan fingerprint density at radius 3 is 2.68 bits per heavy atom. The molecule has 0 amide bonds. The summed E-state index contributed by atoms with van der Waals surface area (Å²) in [4.78, 5) is 24.8. The number of fused-ring (bicyclic) bond motifs is 5. The van der Waals surface area contributed by atoms with Gasteiger partial charge in [0.2, 0.25) is 0 Å². The molecule has 3 aliphatic heterocycles. The van der Waals surface area contributed by atoms with Crippen LogP contribution in [0.2, 0.25) is 0 Å². The van der Waals surface area contributed by atoms with Crippen molar-refractivity contribution in [2.75, 3.05) is 0 Å². The first-order valence-corrected chi connectivity index (χ1v) is 9.05. The molecule has 0 N–H and O–H groups in total. The number of hydrogen-bond acceptors (Lipinski definition) is 4. The highest BCUT2D eigenvalue weighted by Crippen LogP contribution is 2.67. The monoisotopic (exact) mass is 306 g/mol. The topological polar surface area (TPSA) is 44.8 Å². The van der Waals surface area contributed by atoms with Crippen LogP contribution in [0, 0.1) is 35.5 Å². The fraction of sp³-hybridized carbons (Fsp3) is 0.944. The third kappa shape index (κ3) is 1.44. The molecular formula is C18H26O4. The molecule has 5 rings (SSSR count). The van der Waals surface area contributed by atoms with E-state index in [2.05, 4.69) is 13.8 Å². The van der Waals surface area contributed by atoms with Crippen molar-refractivity contribution in [2.24, 2.45) is 35.5 Å². The zero-order chi connectivity index (χ0) is 15.3. The first-order valence-electron chi connectivity index (χ1n) is 9.05. The zero-order valence-electron chi connectivity index (χ0n) is 13.7. The molecule has 5 fully saturated rings. The molecule has 2 bridgehead atoms. The van der Waals surface area contributed by atoms with Gasteiger partial charge in [0.1, 0.15) is 17.3 Å². The van der Waals surface area contributed by atoms with E-state index in [4.69, 9.17) is 14.5 Å². The molecule has 2 saturated carbocycles. The van der Waals surface area contributed by atoms with Gasteiger partial charge in [-0.05, 0) is 56.8 Å². The number of carbonyl (C=O) groups is 1. The molecule has 3 saturated heterocycles. The van der Waals surface area contributed by atoms with Crippen molar-refractivity contribution in [2.45, 2.75) is 70.2 Å². The van der Waals surface area contributed by atoms with E-state index >= 15 is 0 Å². The first kappa shape index (κ1) is 13.8. The maximum atomic E-state index is 12.4. The Balaban J connectivity index is 1.69. The van der Waals surface area contributed by atoms with E-state index in [0.717, 1.165) is 25.7 Å². The normalized spacial score (nSPS) is 62.3. The van der Waals surface area contributed by atoms with Crippen molar-refractivity contribution in [1.29, 1.82) is 0 Å². The molecule has 4 nitrogen and oxygen atoms in total. The lowest BCUT2D eigenvalue weighted by Gasteiger charge is -2.56. The minimum Gasteiger partial charge on any atom is -0.459 e. The maximum absolute atomic E-state index is 12.4. The highest BCUT2D eigenvalue weighted by Gasteiger charge is 2.74. The molecule has 1 spiro atoms. The van der Waals surface area contributed by atoms with Crippen molar-refractivity contribution in [3.63, 3.8) is 0 Å². The molecule has 0 aromatic carbocycles. The molecule has 6 unspecified atom stereocenters. The van der Waals surface area contributed by atoms with E-state index < -0.39 is 5.60 Å². The molecule has 5 aliphatic rings. The van der Waals surface area contributed by atoms with Crippen LogP contribution in [0.3, 0.4) is 0 Å². The van der Waals surface area contributed by atoms with E-state index in [0.29, 0.717) is 23.7 Å². The van der Waals surface area contributed by atoms with Crippen LogP contribution in [0.15, 0.2) is 0 Å². The van der Waals surface area contributed by atoms with E-state index in [9.17, 15) is 4.79 Å². The Hall–Kier alpha value is -0.610. The van der Waals surface area contributed by atoms with Gasteiger partial charge in [0.15, 0.2) is 0 Å². The molecule has 0 radical (unpaired) electrons. The van der Waals surface area contributed by atoms with Crippen LogP contribution in [0.5, 0.6) is 0 Å². The summed E-state index contributed by atoms with van der Waals surface area (Å²) < 4.78 is 6.00. The van der Waals surface area contributed by atoms with Gasteiger partial charge in [0.25, 0.3) is 0 Å². The van der Waals surface area contributed by atoms with Gasteiger partial charge in [-0.15, -0.1) is 0 Å². The van der Waals surface area contributed by atoms with Crippen LogP contribution >= 0.6 is 0 Å². The van der Waals surface area contributed by atoms with Gasteiger partial charge in [-0.2, -0.15) is 0 Å². The number of carbonyl (C=O) groups excluding carboxylic acids is 1. The van der Waals surface area contributed by atoms with Gasteiger partial charge in [-0.25, -0.2) is 9.78 Å². The first-order chi connectivity index (χ1) is 10.5. The predicted octanol–water partition coefficient (Wildman–Crippen LogP) is 3.10. The lowest BCUT2D eigenvalue weighted by molar-refractivity contribution is -0.440. The van der Waals surface area contributed by atoms with Crippen LogP contribution < -0.4 is 0 Å². The minimum atomic E-state index is -0.390. The second kappa shape index (κ2) is 4.07. The lowest BCUT2D eigenvalue weighted by atomic mass is 9.55. The van der Waals surface area contributed by atoms with Gasteiger partial charge in [-0.3, -0.25) is 4.79 Å². The van der Waals surface area contributed by atoms with Crippen LogP contribution in [0.1, 0.15) is 52.9 Å². The number of rotatable bonds is 0. The number of hydrogen-bond donors (Lipinski definition) is 0. The fourth-order valence-electron chi connectivity index (χ4n) is 6.39. The summed E-state index contributed by atoms with van der Waals surface area (Å²) in [7, 11) is 0. The summed E-state index contributed by atoms with van der Waals surface area (Å²) >= 11 is 0. The van der Waals surface area contributed by atoms with Gasteiger partial charge in [0, 0.05) is 11.8 Å². The SMILES string of the molecule is C[C@@H]1CCC2[C@@H](C)C(=O)OC3C4CC4[C@@]4(C)CCC1C32OO4. The van der Waals surface area contributed by atoms with Crippen molar-refractivity contribution in [1.82, 2.24) is 0 Å². The van der Waals surface area contributed by atoms with Crippen molar-refractivity contribution < 1.29 is 19.3 Å². The van der Waals surface area contributed by atoms with E-state index in [-0.39, 0.29) is 29.5 Å². The zero-order valence-corrected chi connectivity index (χ0v) is 13.7. The summed E-state index contributed by atoms with van der Waals surface area (Å²) in [6.45, 7) is 6.57. The molecule has 3 heterocycles. The van der Waals surface area contributed by atoms with Gasteiger partial charge in [-0.1, -0.05) is 13.8 Å². The van der Waals surface area contributed by atoms with Gasteiger partial charge < -0.3 is 4.74 Å². The van der Waals surface area contributed by atoms with E-state index in [1.165, 1.54) is 6.42 Å². The Bertz CT molecular complexity index is 533. The predicted molar refractivity (Wildman–Crippen MR) is 78.6 cm³/mol. The molecule has 4 heteroatoms. The average molecular weight is 306 g/mol. The highest BCUT2D eigenvalue weighted by molar-refractivity contribution is 5.74. The summed E-state index contributed by atoms with van der Waals surface area (Å²) in [6, 6.07) is 0. The molecule has 2 aliphatic carbocycles. The number of ether oxygens (including phenoxy) is 1. The second-order valence-corrected chi connectivity index (χ2v) is 8.79. The summed E-state index contributed by atoms with van der Waals surface area (Å²) in [5.74, 6) is 2.17. The molecule has 0 aromatic heterocycles. The van der Waals surface area contributed by atoms with E-state index in [1.807, 2.05) is 6.92 Å². The molecule has 0 aromatic rings. The second-order valence-electron chi connectivity index (χ2n) is 8.79. The Labute approximate surface area is 131 Å². The Morgan fingerprint density at radius 2 is 1.86 bits per heavy atom. The molecule has 22 heavy (non-hydrogen) atoms. The Kier molecular flexibility index (Phi) is 2.55. The average Bonchev–Trinajstić information content (AvgIpc) is 3.28. The van der Waals surface area contributed by atoms with Gasteiger partial charge >= 0.3 is 5.97 Å². The maximum Gasteiger partial charge on any atom is 0.309 e. The third-order valence-corrected chi connectivity index (χ3v) is 7.78. The van der Waals surface area contributed by atoms with E-state index in [1.54, 1.807) is 0 Å². The van der Waals surface area contributed by atoms with Crippen LogP contribution in [0.4, 0.5) is 0 Å². The molecule has 122 valence electrons. The summed E-state index contributed by atoms with van der Waals surface area (Å²) in [6.07, 6.45) is 5.51. The summed E-state index contributed by atoms with van der Waals surface area (Å²) in [5.41, 5.74) is -0.577. The highest BCUT2D eigenvalue weighted by atomic mass is 17.2. The smallest absolute Gasteiger partial charge is 0.309 e. The largest absolute Gasteiger partial charge is 0.459 e. The number of esters is 1. The lowest BCUT2D eigenvalue weighted by Crippen LogP contribution is -2.66. The molecular weight excluding hydrogens is 280 g/mol. The molecule has 9 atom stereocenters. The van der Waals surface area contributed by atoms with Crippen molar-refractivity contribution in [3.8, 4) is 0 Å². The van der Waals surface area contributed by atoms with Crippen LogP contribution in [-0.4, -0.2) is 23.3 Å². The standard InChI is InChI=1S/C18H26O4/c1-9-4-5-13-10(2)16(19)20-15-11-8-14(11)17(3)7-6-12(9)18(13,15)22-21-17/h9-15H,4-8H2,1-3H3/t9-,10-,11?,12?,13?,14?,15?,17-,18?/m1/s1.